The van der Waals surface area contributed by atoms with E-state index in [2.05, 4.69) is 4.90 Å². The van der Waals surface area contributed by atoms with Crippen LogP contribution in [-0.2, 0) is 0 Å². The van der Waals surface area contributed by atoms with Crippen molar-refractivity contribution in [1.82, 2.24) is 0 Å². The van der Waals surface area contributed by atoms with Gasteiger partial charge in [-0.05, 0) is 24.3 Å². The second-order valence-electron chi connectivity index (χ2n) is 2.46. The summed E-state index contributed by atoms with van der Waals surface area (Å²) in [4.78, 5) is 2.18. The minimum absolute atomic E-state index is 0.161. The summed E-state index contributed by atoms with van der Waals surface area (Å²) in [5, 5.41) is 0. The first-order valence-electron chi connectivity index (χ1n) is 3.37. The largest absolute Gasteiger partial charge is 0.368 e. The molecule has 1 aliphatic rings. The molecule has 0 atom stereocenters. The van der Waals surface area contributed by atoms with Gasteiger partial charge >= 0.3 is 0 Å². The fourth-order valence-electron chi connectivity index (χ4n) is 0.960. The average Bonchev–Trinajstić information content (AvgIpc) is 2.71. The van der Waals surface area contributed by atoms with E-state index in [9.17, 15) is 4.39 Å². The zero-order chi connectivity index (χ0) is 6.97. The van der Waals surface area contributed by atoms with Gasteiger partial charge in [-0.2, -0.15) is 0 Å². The van der Waals surface area contributed by atoms with Crippen LogP contribution in [0.15, 0.2) is 24.3 Å². The summed E-state index contributed by atoms with van der Waals surface area (Å²) in [7, 11) is 0. The van der Waals surface area contributed by atoms with Crippen LogP contribution in [0.2, 0.25) is 0 Å². The standard InChI is InChI=1S/C8H8FN/c9-7-1-3-8(4-2-7)10-5-6-10/h1-4H,5-6H2. The molecule has 10 heavy (non-hydrogen) atoms. The van der Waals surface area contributed by atoms with Crippen molar-refractivity contribution in [2.75, 3.05) is 18.0 Å². The summed E-state index contributed by atoms with van der Waals surface area (Å²) in [6.07, 6.45) is 0. The third-order valence-corrected chi connectivity index (χ3v) is 1.64. The van der Waals surface area contributed by atoms with Crippen LogP contribution in [-0.4, -0.2) is 13.1 Å². The minimum atomic E-state index is -0.161. The maximum absolute atomic E-state index is 12.4. The van der Waals surface area contributed by atoms with Gasteiger partial charge in [-0.3, -0.25) is 0 Å². The zero-order valence-electron chi connectivity index (χ0n) is 5.55. The SMILES string of the molecule is Fc1ccc(N2CC2)cc1. The summed E-state index contributed by atoms with van der Waals surface area (Å²) < 4.78 is 12.4. The molecule has 1 nitrogen and oxygen atoms in total. The highest BCUT2D eigenvalue weighted by atomic mass is 19.1. The number of hydrogen-bond acceptors (Lipinski definition) is 1. The number of nitrogens with zero attached hydrogens (tertiary/aromatic N) is 1. The van der Waals surface area contributed by atoms with Crippen molar-refractivity contribution in [2.45, 2.75) is 0 Å². The normalized spacial score (nSPS) is 15.5. The predicted octanol–water partition coefficient (Wildman–Crippen LogP) is 1.65. The Morgan fingerprint density at radius 2 is 1.70 bits per heavy atom. The Kier molecular flexibility index (Phi) is 1.13. The lowest BCUT2D eigenvalue weighted by Gasteiger charge is -1.99. The summed E-state index contributed by atoms with van der Waals surface area (Å²) >= 11 is 0. The number of hydrogen-bond donors (Lipinski definition) is 0. The molecule has 0 aliphatic carbocycles. The van der Waals surface area contributed by atoms with Crippen LogP contribution in [0.5, 0.6) is 0 Å². The minimum Gasteiger partial charge on any atom is -0.368 e. The van der Waals surface area contributed by atoms with E-state index >= 15 is 0 Å². The summed E-state index contributed by atoms with van der Waals surface area (Å²) in [6, 6.07) is 6.60. The van der Waals surface area contributed by atoms with Crippen LogP contribution in [0.25, 0.3) is 0 Å². The van der Waals surface area contributed by atoms with Crippen LogP contribution in [0.3, 0.4) is 0 Å². The predicted molar refractivity (Wildman–Crippen MR) is 38.6 cm³/mol. The first-order chi connectivity index (χ1) is 4.86. The Labute approximate surface area is 59.1 Å². The van der Waals surface area contributed by atoms with E-state index in [1.807, 2.05) is 12.1 Å². The molecule has 2 heteroatoms. The van der Waals surface area contributed by atoms with E-state index in [0.717, 1.165) is 18.8 Å². The Morgan fingerprint density at radius 3 is 2.20 bits per heavy atom. The van der Waals surface area contributed by atoms with Crippen molar-refractivity contribution in [2.24, 2.45) is 0 Å². The van der Waals surface area contributed by atoms with Crippen molar-refractivity contribution in [3.8, 4) is 0 Å². The monoisotopic (exact) mass is 137 g/mol. The maximum atomic E-state index is 12.4. The third-order valence-electron chi connectivity index (χ3n) is 1.64. The molecule has 1 aromatic rings. The lowest BCUT2D eigenvalue weighted by Crippen LogP contribution is -1.89. The maximum Gasteiger partial charge on any atom is 0.123 e. The molecular weight excluding hydrogens is 129 g/mol. The van der Waals surface area contributed by atoms with E-state index in [-0.39, 0.29) is 5.82 Å². The van der Waals surface area contributed by atoms with Crippen LogP contribution in [0.1, 0.15) is 0 Å². The fraction of sp³-hybridized carbons (Fsp3) is 0.250. The Balaban J connectivity index is 2.28. The van der Waals surface area contributed by atoms with Gasteiger partial charge in [0.2, 0.25) is 0 Å². The molecule has 0 bridgehead atoms. The second kappa shape index (κ2) is 1.97. The lowest BCUT2D eigenvalue weighted by atomic mass is 10.3. The van der Waals surface area contributed by atoms with E-state index < -0.39 is 0 Å². The topological polar surface area (TPSA) is 3.01 Å². The third kappa shape index (κ3) is 0.967. The van der Waals surface area contributed by atoms with Crippen molar-refractivity contribution in [3.63, 3.8) is 0 Å². The molecule has 0 spiro atoms. The quantitative estimate of drug-likeness (QED) is 0.532. The second-order valence-corrected chi connectivity index (χ2v) is 2.46. The van der Waals surface area contributed by atoms with E-state index in [4.69, 9.17) is 0 Å². The first-order valence-corrected chi connectivity index (χ1v) is 3.37. The van der Waals surface area contributed by atoms with Gasteiger partial charge in [-0.15, -0.1) is 0 Å². The van der Waals surface area contributed by atoms with Crippen molar-refractivity contribution < 1.29 is 4.39 Å². The van der Waals surface area contributed by atoms with Gasteiger partial charge in [0.05, 0.1) is 0 Å². The van der Waals surface area contributed by atoms with Gasteiger partial charge in [0.1, 0.15) is 5.82 Å². The van der Waals surface area contributed by atoms with Gasteiger partial charge in [0.15, 0.2) is 0 Å². The molecule has 1 aromatic carbocycles. The molecule has 1 aliphatic heterocycles. The molecule has 0 aromatic heterocycles. The van der Waals surface area contributed by atoms with E-state index in [1.165, 1.54) is 12.1 Å². The van der Waals surface area contributed by atoms with Crippen LogP contribution in [0, 0.1) is 5.82 Å². The zero-order valence-corrected chi connectivity index (χ0v) is 5.55. The van der Waals surface area contributed by atoms with E-state index in [1.54, 1.807) is 0 Å². The first kappa shape index (κ1) is 5.71. The van der Waals surface area contributed by atoms with Crippen molar-refractivity contribution in [3.05, 3.63) is 30.1 Å². The highest BCUT2D eigenvalue weighted by Crippen LogP contribution is 2.20. The molecule has 0 radical (unpaired) electrons. The van der Waals surface area contributed by atoms with Crippen LogP contribution >= 0.6 is 0 Å². The van der Waals surface area contributed by atoms with Crippen LogP contribution < -0.4 is 4.90 Å². The van der Waals surface area contributed by atoms with Gasteiger partial charge in [0, 0.05) is 18.8 Å². The van der Waals surface area contributed by atoms with Gasteiger partial charge < -0.3 is 4.90 Å². The molecule has 1 saturated heterocycles. The molecule has 0 saturated carbocycles. The average molecular weight is 137 g/mol. The highest BCUT2D eigenvalue weighted by molar-refractivity contribution is 5.50. The molecule has 2 rings (SSSR count). The molecule has 1 fully saturated rings. The summed E-state index contributed by atoms with van der Waals surface area (Å²) in [6.45, 7) is 2.23. The number of rotatable bonds is 1. The summed E-state index contributed by atoms with van der Waals surface area (Å²) in [5.74, 6) is -0.161. The molecule has 0 N–H and O–H groups in total. The molecule has 52 valence electrons. The van der Waals surface area contributed by atoms with Crippen LogP contribution in [0.4, 0.5) is 10.1 Å². The Bertz CT molecular complexity index is 226. The Hall–Kier alpha value is -1.05. The summed E-state index contributed by atoms with van der Waals surface area (Å²) in [5.41, 5.74) is 1.13. The lowest BCUT2D eigenvalue weighted by molar-refractivity contribution is 0.628. The highest BCUT2D eigenvalue weighted by Gasteiger charge is 2.16. The number of halogens is 1. The van der Waals surface area contributed by atoms with Crippen molar-refractivity contribution >= 4 is 5.69 Å². The number of benzene rings is 1. The van der Waals surface area contributed by atoms with Gasteiger partial charge in [-0.25, -0.2) is 4.39 Å². The molecular formula is C8H8FN. The van der Waals surface area contributed by atoms with Crippen molar-refractivity contribution in [1.29, 1.82) is 0 Å². The van der Waals surface area contributed by atoms with Gasteiger partial charge in [0.25, 0.3) is 0 Å². The molecule has 0 amide bonds. The Morgan fingerprint density at radius 1 is 1.10 bits per heavy atom. The smallest absolute Gasteiger partial charge is 0.123 e. The van der Waals surface area contributed by atoms with Gasteiger partial charge in [-0.1, -0.05) is 0 Å². The molecule has 1 heterocycles. The number of anilines is 1. The fourth-order valence-corrected chi connectivity index (χ4v) is 0.960. The molecule has 0 unspecified atom stereocenters. The van der Waals surface area contributed by atoms with E-state index in [0.29, 0.717) is 0 Å².